The monoisotopic (exact) mass is 229 g/mol. The summed E-state index contributed by atoms with van der Waals surface area (Å²) >= 11 is 2.24. The van der Waals surface area contributed by atoms with Gasteiger partial charge >= 0.3 is 71.1 Å². The molecule has 0 spiro atoms. The quantitative estimate of drug-likeness (QED) is 0.383. The zero-order valence-electron chi connectivity index (χ0n) is 5.26. The van der Waals surface area contributed by atoms with Gasteiger partial charge in [0.25, 0.3) is 0 Å². The zero-order chi connectivity index (χ0) is 6.53. The van der Waals surface area contributed by atoms with Crippen molar-refractivity contribution >= 4 is 40.3 Å². The first-order valence-corrected chi connectivity index (χ1v) is 4.43. The molecule has 9 heavy (non-hydrogen) atoms. The van der Waals surface area contributed by atoms with Gasteiger partial charge in [0.2, 0.25) is 0 Å². The molecule has 0 N–H and O–H groups in total. The van der Waals surface area contributed by atoms with Gasteiger partial charge in [0, 0.05) is 0 Å². The number of allylic oxidation sites excluding steroid dienone is 2. The number of rotatable bonds is 2. The molecule has 0 nitrogen and oxygen atoms in total. The summed E-state index contributed by atoms with van der Waals surface area (Å²) < 4.78 is 2.05. The Labute approximate surface area is 71.1 Å². The van der Waals surface area contributed by atoms with Gasteiger partial charge in [0.1, 0.15) is 0 Å². The first kappa shape index (κ1) is 7.58. The van der Waals surface area contributed by atoms with Crippen LogP contribution in [0.15, 0.2) is 12.2 Å². The molecule has 0 atom stereocenters. The van der Waals surface area contributed by atoms with Crippen molar-refractivity contribution in [1.82, 2.24) is 0 Å². The van der Waals surface area contributed by atoms with Gasteiger partial charge in [-0.15, -0.1) is 0 Å². The second-order valence-electron chi connectivity index (χ2n) is 2.21. The molecule has 0 aromatic heterocycles. The second-order valence-corrected chi connectivity index (χ2v) is 2.93. The topological polar surface area (TPSA) is 0 Å². The Morgan fingerprint density at radius 3 is 2.67 bits per heavy atom. The van der Waals surface area contributed by atoms with Gasteiger partial charge in [-0.3, -0.25) is 0 Å². The Morgan fingerprint density at radius 2 is 2.11 bits per heavy atom. The molecule has 1 radical (unpaired) electrons. The van der Waals surface area contributed by atoms with E-state index in [9.17, 15) is 0 Å². The van der Waals surface area contributed by atoms with Gasteiger partial charge in [-0.05, 0) is 0 Å². The van der Waals surface area contributed by atoms with Gasteiger partial charge < -0.3 is 0 Å². The Morgan fingerprint density at radius 1 is 1.44 bits per heavy atom. The van der Waals surface area contributed by atoms with Gasteiger partial charge in [0.05, 0.1) is 0 Å². The van der Waals surface area contributed by atoms with Crippen molar-refractivity contribution in [2.75, 3.05) is 0 Å². The fourth-order valence-corrected chi connectivity index (χ4v) is 1.23. The first-order chi connectivity index (χ1) is 4.43. The van der Waals surface area contributed by atoms with Crippen LogP contribution in [0.4, 0.5) is 0 Å². The summed E-state index contributed by atoms with van der Waals surface area (Å²) in [6, 6.07) is 0. The van der Waals surface area contributed by atoms with Gasteiger partial charge in [-0.1, -0.05) is 0 Å². The summed E-state index contributed by atoms with van der Waals surface area (Å²) in [7, 11) is 2.27. The van der Waals surface area contributed by atoms with Crippen LogP contribution in [-0.2, 0) is 0 Å². The van der Waals surface area contributed by atoms with Crippen LogP contribution in [0.2, 0.25) is 5.82 Å². The van der Waals surface area contributed by atoms with Gasteiger partial charge in [0.15, 0.2) is 0 Å². The van der Waals surface area contributed by atoms with Crippen LogP contribution in [0.1, 0.15) is 12.8 Å². The number of hydrogen-bond donors (Lipinski definition) is 0. The normalized spacial score (nSPS) is 18.8. The zero-order valence-corrected chi connectivity index (χ0v) is 7.41. The van der Waals surface area contributed by atoms with Crippen molar-refractivity contribution < 1.29 is 0 Å². The van der Waals surface area contributed by atoms with E-state index >= 15 is 0 Å². The van der Waals surface area contributed by atoms with E-state index in [1.807, 2.05) is 0 Å². The fourth-order valence-electron chi connectivity index (χ4n) is 0.995. The molecule has 0 bridgehead atoms. The van der Waals surface area contributed by atoms with Crippen molar-refractivity contribution in [1.29, 1.82) is 0 Å². The summed E-state index contributed by atoms with van der Waals surface area (Å²) in [4.78, 5) is 0. The van der Waals surface area contributed by atoms with E-state index in [-0.39, 0.29) is 0 Å². The SMILES string of the molecule is IB=C[B]C1CC=CC1. The maximum atomic E-state index is 2.27. The molecule has 3 heteroatoms. The van der Waals surface area contributed by atoms with Crippen molar-refractivity contribution in [2.24, 2.45) is 0 Å². The van der Waals surface area contributed by atoms with Gasteiger partial charge in [-0.2, -0.15) is 0 Å². The fraction of sp³-hybridized carbons (Fsp3) is 0.500. The summed E-state index contributed by atoms with van der Waals surface area (Å²) in [5.41, 5.74) is 0. The molecule has 0 heterocycles. The molecule has 0 amide bonds. The van der Waals surface area contributed by atoms with Crippen LogP contribution >= 0.6 is 22.4 Å². The Bertz CT molecular complexity index is 123. The summed E-state index contributed by atoms with van der Waals surface area (Å²) in [5, 5.41) is 0. The molecular formula is C6H8B2I. The molecule has 0 aliphatic heterocycles. The number of hydrogen-bond acceptors (Lipinski definition) is 0. The van der Waals surface area contributed by atoms with Gasteiger partial charge in [-0.25, -0.2) is 0 Å². The molecule has 1 aliphatic carbocycles. The molecule has 0 aromatic carbocycles. The van der Waals surface area contributed by atoms with E-state index in [4.69, 9.17) is 0 Å². The molecule has 0 fully saturated rings. The third-order valence-corrected chi connectivity index (χ3v) is 1.92. The van der Waals surface area contributed by atoms with E-state index in [0.717, 1.165) is 5.82 Å². The van der Waals surface area contributed by atoms with Crippen LogP contribution in [0.3, 0.4) is 0 Å². The van der Waals surface area contributed by atoms with Crippen LogP contribution in [0.25, 0.3) is 0 Å². The second kappa shape index (κ2) is 4.31. The van der Waals surface area contributed by atoms with E-state index in [1.54, 1.807) is 0 Å². The standard InChI is InChI=1S/C6H8B2I/c9-8-5-7-6-3-1-2-4-6/h1-2,5-6H,3-4H2. The summed E-state index contributed by atoms with van der Waals surface area (Å²) in [6.07, 6.45) is 6.98. The van der Waals surface area contributed by atoms with Crippen LogP contribution < -0.4 is 0 Å². The molecule has 0 unspecified atom stereocenters. The van der Waals surface area contributed by atoms with E-state index in [0.29, 0.717) is 0 Å². The van der Waals surface area contributed by atoms with Crippen molar-refractivity contribution in [3.05, 3.63) is 12.2 Å². The third kappa shape index (κ3) is 2.69. The maximum absolute atomic E-state index is 2.27. The summed E-state index contributed by atoms with van der Waals surface area (Å²) in [5.74, 6) is 2.91. The van der Waals surface area contributed by atoms with E-state index in [2.05, 4.69) is 52.4 Å². The average Bonchev–Trinajstić information content (AvgIpc) is 2.34. The average molecular weight is 229 g/mol. The van der Waals surface area contributed by atoms with Crippen LogP contribution in [-0.4, -0.2) is 17.9 Å². The molecule has 1 aliphatic rings. The summed E-state index contributed by atoms with van der Waals surface area (Å²) in [6.45, 7) is 0. The van der Waals surface area contributed by atoms with Crippen molar-refractivity contribution in [3.63, 3.8) is 0 Å². The number of halogens is 1. The Hall–Kier alpha value is 0.470. The molecular weight excluding hydrogens is 221 g/mol. The van der Waals surface area contributed by atoms with E-state index in [1.165, 1.54) is 12.8 Å². The third-order valence-electron chi connectivity index (χ3n) is 1.50. The predicted molar refractivity (Wildman–Crippen MR) is 53.7 cm³/mol. The van der Waals surface area contributed by atoms with E-state index < -0.39 is 0 Å². The minimum atomic E-state index is 0.788. The Kier molecular flexibility index (Phi) is 3.63. The molecule has 45 valence electrons. The van der Waals surface area contributed by atoms with Crippen molar-refractivity contribution in [2.45, 2.75) is 18.7 Å². The predicted octanol–water partition coefficient (Wildman–Crippen LogP) is 1.64. The Balaban J connectivity index is 2.14. The molecule has 0 saturated carbocycles. The molecule has 0 saturated heterocycles. The minimum absolute atomic E-state index is 0.788. The van der Waals surface area contributed by atoms with Crippen LogP contribution in [0.5, 0.6) is 0 Å². The van der Waals surface area contributed by atoms with Crippen LogP contribution in [0, 0.1) is 0 Å². The van der Waals surface area contributed by atoms with Crippen molar-refractivity contribution in [3.8, 4) is 0 Å². The first-order valence-electron chi connectivity index (χ1n) is 3.18. The molecule has 1 rings (SSSR count). The molecule has 0 aromatic rings.